The van der Waals surface area contributed by atoms with Gasteiger partial charge in [-0.25, -0.2) is 8.42 Å². The van der Waals surface area contributed by atoms with Crippen molar-refractivity contribution >= 4 is 73.9 Å². The topological polar surface area (TPSA) is 86.8 Å². The van der Waals surface area contributed by atoms with E-state index in [1.165, 1.54) is 37.1 Å². The number of likely N-dealkylation sites (N-methyl/N-ethyl adjacent to an activating group) is 1. The monoisotopic (exact) mass is 539 g/mol. The Kier molecular flexibility index (Phi) is 9.07. The average molecular weight is 541 g/mol. The van der Waals surface area contributed by atoms with Crippen molar-refractivity contribution in [1.82, 2.24) is 10.2 Å². The van der Waals surface area contributed by atoms with Gasteiger partial charge in [0.2, 0.25) is 21.8 Å². The molecule has 0 aromatic heterocycles. The predicted octanol–water partition coefficient (Wildman–Crippen LogP) is 4.23. The Balaban J connectivity index is 2.43. The highest BCUT2D eigenvalue weighted by Crippen LogP contribution is 2.30. The molecule has 0 spiro atoms. The van der Waals surface area contributed by atoms with Crippen LogP contribution < -0.4 is 9.62 Å². The zero-order valence-electron chi connectivity index (χ0n) is 17.4. The van der Waals surface area contributed by atoms with Crippen LogP contribution in [0.1, 0.15) is 12.5 Å². The summed E-state index contributed by atoms with van der Waals surface area (Å²) in [6.07, 6.45) is 0.955. The molecule has 0 heterocycles. The molecule has 0 aliphatic heterocycles. The lowest BCUT2D eigenvalue weighted by Gasteiger charge is -2.31. The van der Waals surface area contributed by atoms with Crippen molar-refractivity contribution in [1.29, 1.82) is 0 Å². The van der Waals surface area contributed by atoms with Gasteiger partial charge in [0.25, 0.3) is 0 Å². The van der Waals surface area contributed by atoms with E-state index in [2.05, 4.69) is 5.32 Å². The van der Waals surface area contributed by atoms with Crippen LogP contribution in [0.15, 0.2) is 36.4 Å². The molecule has 1 N–H and O–H groups in total. The molecule has 2 aromatic rings. The van der Waals surface area contributed by atoms with E-state index in [0.29, 0.717) is 15.6 Å². The minimum atomic E-state index is -3.90. The number of nitrogens with one attached hydrogen (secondary N) is 1. The van der Waals surface area contributed by atoms with Crippen LogP contribution in [0.2, 0.25) is 20.1 Å². The summed E-state index contributed by atoms with van der Waals surface area (Å²) in [5.41, 5.74) is 0.702. The van der Waals surface area contributed by atoms with Crippen molar-refractivity contribution in [3.63, 3.8) is 0 Å². The Hall–Kier alpha value is -1.71. The van der Waals surface area contributed by atoms with Crippen LogP contribution in [-0.2, 0) is 26.2 Å². The maximum Gasteiger partial charge on any atom is 0.244 e. The summed E-state index contributed by atoms with van der Waals surface area (Å²) in [5, 5.41) is 3.49. The molecule has 0 aliphatic rings. The van der Waals surface area contributed by atoms with Gasteiger partial charge in [-0.05, 0) is 42.8 Å². The van der Waals surface area contributed by atoms with Gasteiger partial charge >= 0.3 is 0 Å². The Morgan fingerprint density at radius 3 is 2.19 bits per heavy atom. The first kappa shape index (κ1) is 26.5. The van der Waals surface area contributed by atoms with Crippen molar-refractivity contribution < 1.29 is 18.0 Å². The van der Waals surface area contributed by atoms with Gasteiger partial charge in [-0.2, -0.15) is 0 Å². The fourth-order valence-corrected chi connectivity index (χ4v) is 4.65. The molecule has 174 valence electrons. The van der Waals surface area contributed by atoms with E-state index >= 15 is 0 Å². The van der Waals surface area contributed by atoms with Crippen LogP contribution in [0.4, 0.5) is 5.69 Å². The summed E-state index contributed by atoms with van der Waals surface area (Å²) in [5.74, 6) is -1.04. The van der Waals surface area contributed by atoms with Crippen molar-refractivity contribution in [2.24, 2.45) is 0 Å². The van der Waals surface area contributed by atoms with E-state index in [1.807, 2.05) is 0 Å². The standard InChI is InChI=1S/C20H21Cl4N3O4S/c1-12(20(29)25-2)26(10-13-4-6-15(22)16(23)8-13)19(28)11-27(32(3,30)31)18-7-5-14(21)9-17(18)24/h4-9,12H,10-11H2,1-3H3,(H,25,29)/t12-/m0/s1. The van der Waals surface area contributed by atoms with Gasteiger partial charge in [0, 0.05) is 18.6 Å². The Morgan fingerprint density at radius 1 is 1.00 bits per heavy atom. The van der Waals surface area contributed by atoms with Crippen molar-refractivity contribution in [2.75, 3.05) is 24.2 Å². The van der Waals surface area contributed by atoms with E-state index in [0.717, 1.165) is 10.6 Å². The van der Waals surface area contributed by atoms with Gasteiger partial charge in [-0.1, -0.05) is 52.5 Å². The number of hydrogen-bond donors (Lipinski definition) is 1. The third-order valence-corrected chi connectivity index (χ3v) is 7.01. The number of amides is 2. The molecule has 12 heteroatoms. The lowest BCUT2D eigenvalue weighted by Crippen LogP contribution is -2.50. The molecule has 0 saturated carbocycles. The summed E-state index contributed by atoms with van der Waals surface area (Å²) in [4.78, 5) is 26.8. The zero-order valence-corrected chi connectivity index (χ0v) is 21.2. The summed E-state index contributed by atoms with van der Waals surface area (Å²) in [7, 11) is -2.46. The van der Waals surface area contributed by atoms with E-state index in [4.69, 9.17) is 46.4 Å². The number of carbonyl (C=O) groups excluding carboxylic acids is 2. The van der Waals surface area contributed by atoms with Gasteiger partial charge in [0.15, 0.2) is 0 Å². The van der Waals surface area contributed by atoms with Gasteiger partial charge < -0.3 is 10.2 Å². The molecule has 0 fully saturated rings. The molecule has 1 atom stereocenters. The second kappa shape index (κ2) is 10.9. The SMILES string of the molecule is CNC(=O)[C@H](C)N(Cc1ccc(Cl)c(Cl)c1)C(=O)CN(c1ccc(Cl)cc1Cl)S(C)(=O)=O. The molecule has 2 rings (SSSR count). The highest BCUT2D eigenvalue weighted by Gasteiger charge is 2.30. The lowest BCUT2D eigenvalue weighted by atomic mass is 10.1. The number of anilines is 1. The molecule has 0 radical (unpaired) electrons. The van der Waals surface area contributed by atoms with Gasteiger partial charge in [0.1, 0.15) is 12.6 Å². The fraction of sp³-hybridized carbons (Fsp3) is 0.300. The fourth-order valence-electron chi connectivity index (χ4n) is 2.90. The molecule has 2 amide bonds. The average Bonchev–Trinajstić information content (AvgIpc) is 2.71. The molecular formula is C20H21Cl4N3O4S. The number of halogens is 4. The number of benzene rings is 2. The molecular weight excluding hydrogens is 520 g/mol. The van der Waals surface area contributed by atoms with Crippen LogP contribution >= 0.6 is 46.4 Å². The predicted molar refractivity (Wildman–Crippen MR) is 129 cm³/mol. The maximum absolute atomic E-state index is 13.3. The maximum atomic E-state index is 13.3. The van der Waals surface area contributed by atoms with Crippen molar-refractivity contribution in [3.05, 3.63) is 62.1 Å². The number of rotatable bonds is 8. The minimum Gasteiger partial charge on any atom is -0.357 e. The van der Waals surface area contributed by atoms with Crippen LogP contribution in [0, 0.1) is 0 Å². The minimum absolute atomic E-state index is 0.00371. The second-order valence-corrected chi connectivity index (χ2v) is 10.5. The van der Waals surface area contributed by atoms with Crippen LogP contribution in [0.3, 0.4) is 0 Å². The quantitative estimate of drug-likeness (QED) is 0.542. The van der Waals surface area contributed by atoms with E-state index < -0.39 is 34.4 Å². The number of sulfonamides is 1. The highest BCUT2D eigenvalue weighted by atomic mass is 35.5. The van der Waals surface area contributed by atoms with Crippen LogP contribution in [0.5, 0.6) is 0 Å². The first-order valence-corrected chi connectivity index (χ1v) is 12.6. The zero-order chi connectivity index (χ0) is 24.2. The van der Waals surface area contributed by atoms with Crippen LogP contribution in [0.25, 0.3) is 0 Å². The molecule has 32 heavy (non-hydrogen) atoms. The summed E-state index contributed by atoms with van der Waals surface area (Å²) < 4.78 is 25.8. The molecule has 0 unspecified atom stereocenters. The second-order valence-electron chi connectivity index (χ2n) is 6.93. The largest absolute Gasteiger partial charge is 0.357 e. The Bertz CT molecular complexity index is 1130. The molecule has 0 aliphatic carbocycles. The van der Waals surface area contributed by atoms with E-state index in [1.54, 1.807) is 18.2 Å². The summed E-state index contributed by atoms with van der Waals surface area (Å²) in [6.45, 7) is 0.952. The molecule has 2 aromatic carbocycles. The Morgan fingerprint density at radius 2 is 1.66 bits per heavy atom. The third kappa shape index (κ3) is 6.65. The van der Waals surface area contributed by atoms with E-state index in [-0.39, 0.29) is 22.3 Å². The van der Waals surface area contributed by atoms with E-state index in [9.17, 15) is 18.0 Å². The van der Waals surface area contributed by atoms with Crippen LogP contribution in [-0.4, -0.2) is 51.0 Å². The number of nitrogens with zero attached hydrogens (tertiary/aromatic N) is 2. The van der Waals surface area contributed by atoms with Gasteiger partial charge in [-0.3, -0.25) is 13.9 Å². The van der Waals surface area contributed by atoms with Gasteiger partial charge in [0.05, 0.1) is 27.0 Å². The smallest absolute Gasteiger partial charge is 0.244 e. The Labute approximate surface area is 207 Å². The highest BCUT2D eigenvalue weighted by molar-refractivity contribution is 7.92. The van der Waals surface area contributed by atoms with Gasteiger partial charge in [-0.15, -0.1) is 0 Å². The lowest BCUT2D eigenvalue weighted by molar-refractivity contribution is -0.139. The van der Waals surface area contributed by atoms with Crippen molar-refractivity contribution in [2.45, 2.75) is 19.5 Å². The first-order valence-electron chi connectivity index (χ1n) is 9.23. The number of carbonyl (C=O) groups is 2. The summed E-state index contributed by atoms with van der Waals surface area (Å²) in [6, 6.07) is 8.16. The van der Waals surface area contributed by atoms with Crippen molar-refractivity contribution in [3.8, 4) is 0 Å². The molecule has 7 nitrogen and oxygen atoms in total. The number of hydrogen-bond acceptors (Lipinski definition) is 4. The molecule has 0 bridgehead atoms. The first-order chi connectivity index (χ1) is 14.8. The molecule has 0 saturated heterocycles. The summed E-state index contributed by atoms with van der Waals surface area (Å²) >= 11 is 24.1. The normalized spacial score (nSPS) is 12.2. The third-order valence-electron chi connectivity index (χ3n) is 4.61.